The molecule has 1 aliphatic heterocycles. The van der Waals surface area contributed by atoms with Crippen LogP contribution < -0.4 is 0 Å². The Morgan fingerprint density at radius 2 is 1.09 bits per heavy atom. The molecular weight excluding hydrogens is 402 g/mol. The third kappa shape index (κ3) is 4.67. The average Bonchev–Trinajstić information content (AvgIpc) is 2.89. The molecule has 164 valence electrons. The van der Waals surface area contributed by atoms with E-state index in [0.717, 1.165) is 18.5 Å². The first-order chi connectivity index (χ1) is 16.3. The van der Waals surface area contributed by atoms with Gasteiger partial charge in [-0.25, -0.2) is 0 Å². The largest absolute Gasteiger partial charge is 0.299 e. The predicted octanol–water partition coefficient (Wildman–Crippen LogP) is 6.77. The molecule has 0 aliphatic carbocycles. The summed E-state index contributed by atoms with van der Waals surface area (Å²) in [6.07, 6.45) is 1.48. The molecule has 0 amide bonds. The van der Waals surface area contributed by atoms with Crippen LogP contribution in [-0.2, 0) is 11.2 Å². The Hall–Kier alpha value is -3.49. The molecule has 1 aliphatic rings. The first kappa shape index (κ1) is 21.4. The van der Waals surface area contributed by atoms with Crippen LogP contribution in [-0.4, -0.2) is 17.2 Å². The lowest BCUT2D eigenvalue weighted by Crippen LogP contribution is -2.45. The molecule has 0 bridgehead atoms. The Bertz CT molecular complexity index is 1160. The zero-order chi connectivity index (χ0) is 22.5. The van der Waals surface area contributed by atoms with Crippen molar-refractivity contribution in [1.29, 1.82) is 0 Å². The Balaban J connectivity index is 1.60. The topological polar surface area (TPSA) is 20.3 Å². The maximum Gasteiger partial charge on any atom is 0.144 e. The molecule has 1 heterocycles. The molecule has 3 atom stereocenters. The van der Waals surface area contributed by atoms with E-state index >= 15 is 0 Å². The van der Waals surface area contributed by atoms with Gasteiger partial charge in [0, 0.05) is 25.0 Å². The number of carbonyl (C=O) groups excluding carboxylic acids is 1. The molecular formula is C31H29NO. The maximum atomic E-state index is 13.8. The molecule has 1 fully saturated rings. The van der Waals surface area contributed by atoms with Crippen LogP contribution in [0.25, 0.3) is 0 Å². The van der Waals surface area contributed by atoms with Crippen molar-refractivity contribution in [2.75, 3.05) is 6.54 Å². The minimum absolute atomic E-state index is 0.0104. The van der Waals surface area contributed by atoms with Crippen LogP contribution in [0, 0.1) is 0 Å². The lowest BCUT2D eigenvalue weighted by atomic mass is 9.75. The standard InChI is InChI=1S/C31H29NO/c33-29-23-28(25-15-7-2-8-16-25)32(22-21-24-13-5-1-6-14-24)31(27-19-11-4-12-20-27)30(29)26-17-9-3-10-18-26/h1-20,28,30-31H,21-23H2. The molecule has 3 unspecified atom stereocenters. The Kier molecular flexibility index (Phi) is 6.46. The number of piperidine rings is 1. The molecule has 4 aromatic rings. The monoisotopic (exact) mass is 431 g/mol. The van der Waals surface area contributed by atoms with Gasteiger partial charge >= 0.3 is 0 Å². The van der Waals surface area contributed by atoms with Crippen LogP contribution in [0.15, 0.2) is 121 Å². The van der Waals surface area contributed by atoms with Crippen LogP contribution in [0.5, 0.6) is 0 Å². The van der Waals surface area contributed by atoms with Gasteiger partial charge in [0.15, 0.2) is 0 Å². The number of rotatable bonds is 6. The van der Waals surface area contributed by atoms with Gasteiger partial charge in [-0.05, 0) is 28.7 Å². The zero-order valence-electron chi connectivity index (χ0n) is 18.8. The van der Waals surface area contributed by atoms with Gasteiger partial charge in [0.05, 0.1) is 5.92 Å². The summed E-state index contributed by atoms with van der Waals surface area (Å²) >= 11 is 0. The van der Waals surface area contributed by atoms with Gasteiger partial charge in [-0.3, -0.25) is 9.69 Å². The average molecular weight is 432 g/mol. The summed E-state index contributed by atoms with van der Waals surface area (Å²) in [6.45, 7) is 0.889. The van der Waals surface area contributed by atoms with E-state index in [1.165, 1.54) is 16.7 Å². The predicted molar refractivity (Wildman–Crippen MR) is 134 cm³/mol. The van der Waals surface area contributed by atoms with Crippen molar-refractivity contribution in [2.24, 2.45) is 0 Å². The van der Waals surface area contributed by atoms with Gasteiger partial charge in [-0.15, -0.1) is 0 Å². The smallest absolute Gasteiger partial charge is 0.144 e. The highest BCUT2D eigenvalue weighted by Gasteiger charge is 2.44. The van der Waals surface area contributed by atoms with Crippen LogP contribution in [0.2, 0.25) is 0 Å². The molecule has 5 rings (SSSR count). The first-order valence-corrected chi connectivity index (χ1v) is 11.8. The minimum atomic E-state index is -0.177. The quantitative estimate of drug-likeness (QED) is 0.336. The molecule has 0 saturated carbocycles. The molecule has 2 nitrogen and oxygen atoms in total. The molecule has 0 radical (unpaired) electrons. The van der Waals surface area contributed by atoms with Crippen LogP contribution >= 0.6 is 0 Å². The van der Waals surface area contributed by atoms with Crippen molar-refractivity contribution in [3.8, 4) is 0 Å². The third-order valence-corrected chi connectivity index (χ3v) is 6.80. The normalized spacial score (nSPS) is 21.1. The van der Waals surface area contributed by atoms with E-state index in [-0.39, 0.29) is 18.0 Å². The highest BCUT2D eigenvalue weighted by atomic mass is 16.1. The van der Waals surface area contributed by atoms with Crippen molar-refractivity contribution in [3.05, 3.63) is 144 Å². The van der Waals surface area contributed by atoms with Gasteiger partial charge < -0.3 is 0 Å². The zero-order valence-corrected chi connectivity index (χ0v) is 18.8. The number of nitrogens with zero attached hydrogens (tertiary/aromatic N) is 1. The highest BCUT2D eigenvalue weighted by Crippen LogP contribution is 2.47. The molecule has 0 aromatic heterocycles. The van der Waals surface area contributed by atoms with Crippen LogP contribution in [0.4, 0.5) is 0 Å². The fourth-order valence-electron chi connectivity index (χ4n) is 5.24. The number of benzene rings is 4. The van der Waals surface area contributed by atoms with E-state index in [2.05, 4.69) is 102 Å². The number of Topliss-reactive ketones (excluding diaryl/α,β-unsaturated/α-hetero) is 1. The summed E-state index contributed by atoms with van der Waals surface area (Å²) in [4.78, 5) is 16.3. The van der Waals surface area contributed by atoms with E-state index in [4.69, 9.17) is 0 Å². The van der Waals surface area contributed by atoms with Crippen LogP contribution in [0.1, 0.15) is 46.7 Å². The van der Waals surface area contributed by atoms with Crippen molar-refractivity contribution in [3.63, 3.8) is 0 Å². The summed E-state index contributed by atoms with van der Waals surface area (Å²) in [5.41, 5.74) is 4.84. The van der Waals surface area contributed by atoms with Gasteiger partial charge in [0.2, 0.25) is 0 Å². The summed E-state index contributed by atoms with van der Waals surface area (Å²) < 4.78 is 0. The summed E-state index contributed by atoms with van der Waals surface area (Å²) in [7, 11) is 0. The second-order valence-corrected chi connectivity index (χ2v) is 8.81. The minimum Gasteiger partial charge on any atom is -0.299 e. The second kappa shape index (κ2) is 9.97. The van der Waals surface area contributed by atoms with Gasteiger partial charge in [0.1, 0.15) is 5.78 Å². The third-order valence-electron chi connectivity index (χ3n) is 6.80. The van der Waals surface area contributed by atoms with E-state index in [0.29, 0.717) is 12.2 Å². The molecule has 33 heavy (non-hydrogen) atoms. The fourth-order valence-corrected chi connectivity index (χ4v) is 5.24. The van der Waals surface area contributed by atoms with Gasteiger partial charge in [0.25, 0.3) is 0 Å². The number of likely N-dealkylation sites (tertiary alicyclic amines) is 1. The molecule has 0 spiro atoms. The first-order valence-electron chi connectivity index (χ1n) is 11.8. The molecule has 4 aromatic carbocycles. The highest BCUT2D eigenvalue weighted by molar-refractivity contribution is 5.88. The molecule has 1 saturated heterocycles. The second-order valence-electron chi connectivity index (χ2n) is 8.81. The van der Waals surface area contributed by atoms with Crippen LogP contribution in [0.3, 0.4) is 0 Å². The van der Waals surface area contributed by atoms with Gasteiger partial charge in [-0.1, -0.05) is 121 Å². The number of ketones is 1. The summed E-state index contributed by atoms with van der Waals surface area (Å²) in [5.74, 6) is 0.143. The van der Waals surface area contributed by atoms with E-state index in [1.807, 2.05) is 24.3 Å². The lowest BCUT2D eigenvalue weighted by Gasteiger charge is -2.46. The van der Waals surface area contributed by atoms with Gasteiger partial charge in [-0.2, -0.15) is 0 Å². The van der Waals surface area contributed by atoms with E-state index in [1.54, 1.807) is 0 Å². The van der Waals surface area contributed by atoms with Crippen molar-refractivity contribution >= 4 is 5.78 Å². The van der Waals surface area contributed by atoms with Crippen molar-refractivity contribution in [2.45, 2.75) is 30.8 Å². The Morgan fingerprint density at radius 3 is 1.67 bits per heavy atom. The maximum absolute atomic E-state index is 13.8. The molecule has 2 heteroatoms. The number of hydrogen-bond donors (Lipinski definition) is 0. The molecule has 0 N–H and O–H groups in total. The van der Waals surface area contributed by atoms with E-state index < -0.39 is 0 Å². The van der Waals surface area contributed by atoms with Crippen molar-refractivity contribution in [1.82, 2.24) is 4.90 Å². The fraction of sp³-hybridized carbons (Fsp3) is 0.194. The van der Waals surface area contributed by atoms with E-state index in [9.17, 15) is 4.79 Å². The Morgan fingerprint density at radius 1 is 0.606 bits per heavy atom. The summed E-state index contributed by atoms with van der Waals surface area (Å²) in [6, 6.07) is 42.1. The summed E-state index contributed by atoms with van der Waals surface area (Å²) in [5, 5.41) is 0. The number of carbonyl (C=O) groups is 1. The Labute approximate surface area is 196 Å². The van der Waals surface area contributed by atoms with Crippen molar-refractivity contribution < 1.29 is 4.79 Å². The number of hydrogen-bond acceptors (Lipinski definition) is 2. The lowest BCUT2D eigenvalue weighted by molar-refractivity contribution is -0.128. The SMILES string of the molecule is O=C1CC(c2ccccc2)N(CCc2ccccc2)C(c2ccccc2)C1c1ccccc1.